The largest absolute Gasteiger partial charge is 0.354 e. The maximum atomic E-state index is 11.8. The molecule has 2 N–H and O–H groups in total. The fourth-order valence-electron chi connectivity index (χ4n) is 2.06. The zero-order chi connectivity index (χ0) is 15.4. The molecule has 0 aliphatic rings. The predicted molar refractivity (Wildman–Crippen MR) is 73.7 cm³/mol. The lowest BCUT2D eigenvalue weighted by molar-refractivity contribution is -0.386. The number of nitrogens with one attached hydrogen (secondary N) is 2. The Kier molecular flexibility index (Phi) is 4.31. The van der Waals surface area contributed by atoms with E-state index in [1.807, 2.05) is 0 Å². The maximum Gasteiger partial charge on any atom is 0.312 e. The Morgan fingerprint density at radius 1 is 1.52 bits per heavy atom. The Bertz CT molecular complexity index is 646. The first kappa shape index (κ1) is 14.7. The molecule has 0 bridgehead atoms. The van der Waals surface area contributed by atoms with Crippen LogP contribution in [-0.2, 0) is 17.8 Å². The van der Waals surface area contributed by atoms with E-state index in [4.69, 9.17) is 0 Å². The molecule has 0 saturated heterocycles. The van der Waals surface area contributed by atoms with Crippen LogP contribution in [0.2, 0.25) is 0 Å². The highest BCUT2D eigenvalue weighted by molar-refractivity contribution is 5.75. The average Bonchev–Trinajstić information content (AvgIpc) is 2.99. The molecule has 0 spiro atoms. The van der Waals surface area contributed by atoms with E-state index in [0.29, 0.717) is 24.4 Å². The Hall–Kier alpha value is -2.71. The van der Waals surface area contributed by atoms with E-state index in [9.17, 15) is 14.9 Å². The van der Waals surface area contributed by atoms with Gasteiger partial charge in [0.2, 0.25) is 5.91 Å². The number of H-pyrrole nitrogens is 1. The van der Waals surface area contributed by atoms with Crippen LogP contribution in [0.25, 0.3) is 0 Å². The fourth-order valence-corrected chi connectivity index (χ4v) is 2.06. The number of aromatic nitrogens is 4. The number of carbonyl (C=O) groups excluding carboxylic acids is 1. The molecule has 2 heterocycles. The normalized spacial score (nSPS) is 10.6. The zero-order valence-electron chi connectivity index (χ0n) is 11.8. The van der Waals surface area contributed by atoms with Gasteiger partial charge in [-0.3, -0.25) is 19.6 Å². The van der Waals surface area contributed by atoms with Crippen molar-refractivity contribution in [3.05, 3.63) is 39.7 Å². The number of rotatable bonds is 6. The van der Waals surface area contributed by atoms with E-state index in [-0.39, 0.29) is 18.1 Å². The lowest BCUT2D eigenvalue weighted by atomic mass is 10.3. The van der Waals surface area contributed by atoms with Gasteiger partial charge in [-0.1, -0.05) is 0 Å². The van der Waals surface area contributed by atoms with Crippen molar-refractivity contribution in [3.8, 4) is 0 Å². The van der Waals surface area contributed by atoms with Crippen molar-refractivity contribution in [1.29, 1.82) is 0 Å². The first-order valence-electron chi connectivity index (χ1n) is 6.41. The number of amides is 1. The quantitative estimate of drug-likeness (QED) is 0.593. The lowest BCUT2D eigenvalue weighted by Crippen LogP contribution is -2.30. The highest BCUT2D eigenvalue weighted by atomic mass is 16.6. The van der Waals surface area contributed by atoms with Gasteiger partial charge in [-0.25, -0.2) is 4.98 Å². The molecule has 0 saturated carbocycles. The Labute approximate surface area is 120 Å². The van der Waals surface area contributed by atoms with Gasteiger partial charge >= 0.3 is 5.69 Å². The van der Waals surface area contributed by atoms with Crippen LogP contribution in [0.1, 0.15) is 17.1 Å². The van der Waals surface area contributed by atoms with Crippen LogP contribution < -0.4 is 5.32 Å². The first-order valence-corrected chi connectivity index (χ1v) is 6.41. The third-order valence-electron chi connectivity index (χ3n) is 3.09. The van der Waals surface area contributed by atoms with Gasteiger partial charge in [0.05, 0.1) is 11.3 Å². The molecule has 0 atom stereocenters. The number of imidazole rings is 1. The average molecular weight is 292 g/mol. The summed E-state index contributed by atoms with van der Waals surface area (Å²) in [6.07, 6.45) is 3.91. The number of nitrogens with zero attached hydrogens (tertiary/aromatic N) is 4. The van der Waals surface area contributed by atoms with Gasteiger partial charge in [0.15, 0.2) is 0 Å². The SMILES string of the molecule is Cc1nn(CC(=O)NCCc2cnc[nH]2)c(C)c1[N+](=O)[O-]. The molecule has 1 amide bonds. The third-order valence-corrected chi connectivity index (χ3v) is 3.09. The number of aromatic amines is 1. The van der Waals surface area contributed by atoms with Crippen molar-refractivity contribution in [2.24, 2.45) is 0 Å². The van der Waals surface area contributed by atoms with Crippen LogP contribution in [0.15, 0.2) is 12.5 Å². The maximum absolute atomic E-state index is 11.8. The summed E-state index contributed by atoms with van der Waals surface area (Å²) in [5.41, 5.74) is 1.57. The summed E-state index contributed by atoms with van der Waals surface area (Å²) in [7, 11) is 0. The molecular formula is C12H16N6O3. The summed E-state index contributed by atoms with van der Waals surface area (Å²) in [6, 6.07) is 0. The summed E-state index contributed by atoms with van der Waals surface area (Å²) in [5, 5.41) is 17.7. The molecular weight excluding hydrogens is 276 g/mol. The second-order valence-corrected chi connectivity index (χ2v) is 4.61. The summed E-state index contributed by atoms with van der Waals surface area (Å²) >= 11 is 0. The fraction of sp³-hybridized carbons (Fsp3) is 0.417. The van der Waals surface area contributed by atoms with Crippen molar-refractivity contribution in [3.63, 3.8) is 0 Å². The highest BCUT2D eigenvalue weighted by Crippen LogP contribution is 2.21. The number of nitro groups is 1. The lowest BCUT2D eigenvalue weighted by Gasteiger charge is -2.05. The van der Waals surface area contributed by atoms with Gasteiger partial charge in [0, 0.05) is 24.9 Å². The van der Waals surface area contributed by atoms with Gasteiger partial charge in [0.1, 0.15) is 17.9 Å². The van der Waals surface area contributed by atoms with E-state index in [1.165, 1.54) is 4.68 Å². The molecule has 9 heteroatoms. The molecule has 2 aromatic heterocycles. The van der Waals surface area contributed by atoms with Gasteiger partial charge in [-0.2, -0.15) is 5.10 Å². The Morgan fingerprint density at radius 2 is 2.29 bits per heavy atom. The van der Waals surface area contributed by atoms with Crippen LogP contribution in [0.5, 0.6) is 0 Å². The summed E-state index contributed by atoms with van der Waals surface area (Å²) in [6.45, 7) is 3.56. The van der Waals surface area contributed by atoms with Gasteiger partial charge in [0.25, 0.3) is 0 Å². The molecule has 0 fully saturated rings. The standard InChI is InChI=1S/C12H16N6O3/c1-8-12(18(20)21)9(2)17(16-8)6-11(19)14-4-3-10-5-13-7-15-10/h5,7H,3-4,6H2,1-2H3,(H,13,15)(H,14,19). The molecule has 0 aliphatic heterocycles. The number of aryl methyl sites for hydroxylation is 1. The molecule has 0 aliphatic carbocycles. The van der Waals surface area contributed by atoms with Crippen molar-refractivity contribution in [2.75, 3.05) is 6.54 Å². The van der Waals surface area contributed by atoms with Gasteiger partial charge in [-0.05, 0) is 13.8 Å². The first-order chi connectivity index (χ1) is 9.99. The van der Waals surface area contributed by atoms with Crippen LogP contribution in [0, 0.1) is 24.0 Å². The van der Waals surface area contributed by atoms with E-state index >= 15 is 0 Å². The summed E-state index contributed by atoms with van der Waals surface area (Å²) < 4.78 is 1.35. The number of hydrogen-bond donors (Lipinski definition) is 2. The van der Waals surface area contributed by atoms with E-state index in [2.05, 4.69) is 20.4 Å². The minimum absolute atomic E-state index is 0.0382. The minimum Gasteiger partial charge on any atom is -0.354 e. The monoisotopic (exact) mass is 292 g/mol. The molecule has 0 unspecified atom stereocenters. The van der Waals surface area contributed by atoms with Crippen LogP contribution in [0.3, 0.4) is 0 Å². The van der Waals surface area contributed by atoms with Crippen molar-refractivity contribution in [1.82, 2.24) is 25.1 Å². The molecule has 9 nitrogen and oxygen atoms in total. The number of carbonyl (C=O) groups is 1. The van der Waals surface area contributed by atoms with E-state index in [0.717, 1.165) is 5.69 Å². The van der Waals surface area contributed by atoms with E-state index < -0.39 is 4.92 Å². The zero-order valence-corrected chi connectivity index (χ0v) is 11.8. The van der Waals surface area contributed by atoms with Crippen molar-refractivity contribution in [2.45, 2.75) is 26.8 Å². The molecule has 112 valence electrons. The second-order valence-electron chi connectivity index (χ2n) is 4.61. The Morgan fingerprint density at radius 3 is 2.86 bits per heavy atom. The van der Waals surface area contributed by atoms with Crippen LogP contribution in [-0.4, -0.2) is 37.1 Å². The smallest absolute Gasteiger partial charge is 0.312 e. The van der Waals surface area contributed by atoms with Crippen molar-refractivity contribution >= 4 is 11.6 Å². The summed E-state index contributed by atoms with van der Waals surface area (Å²) in [5.74, 6) is -0.241. The van der Waals surface area contributed by atoms with Gasteiger partial charge in [-0.15, -0.1) is 0 Å². The summed E-state index contributed by atoms with van der Waals surface area (Å²) in [4.78, 5) is 29.0. The molecule has 2 aromatic rings. The highest BCUT2D eigenvalue weighted by Gasteiger charge is 2.22. The molecule has 0 radical (unpaired) electrons. The van der Waals surface area contributed by atoms with Crippen molar-refractivity contribution < 1.29 is 9.72 Å². The Balaban J connectivity index is 1.91. The topological polar surface area (TPSA) is 119 Å². The predicted octanol–water partition coefficient (Wildman–Crippen LogP) is 0.490. The van der Waals surface area contributed by atoms with Crippen LogP contribution in [0.4, 0.5) is 5.69 Å². The molecule has 2 rings (SSSR count). The van der Waals surface area contributed by atoms with Gasteiger partial charge < -0.3 is 10.3 Å². The van der Waals surface area contributed by atoms with E-state index in [1.54, 1.807) is 26.4 Å². The second kappa shape index (κ2) is 6.16. The molecule has 21 heavy (non-hydrogen) atoms. The minimum atomic E-state index is -0.482. The number of hydrogen-bond acceptors (Lipinski definition) is 5. The van der Waals surface area contributed by atoms with Crippen LogP contribution >= 0.6 is 0 Å². The molecule has 0 aromatic carbocycles. The third kappa shape index (κ3) is 3.44.